The van der Waals surface area contributed by atoms with Crippen LogP contribution in [0.4, 0.5) is 0 Å². The van der Waals surface area contributed by atoms with E-state index in [2.05, 4.69) is 20.8 Å². The fourth-order valence-corrected chi connectivity index (χ4v) is 3.18. The number of hydrogen-bond acceptors (Lipinski definition) is 1. The summed E-state index contributed by atoms with van der Waals surface area (Å²) in [5.74, 6) is 0. The molecule has 1 nitrogen and oxygen atoms in total. The lowest BCUT2D eigenvalue weighted by atomic mass is 9.70. The average Bonchev–Trinajstić information content (AvgIpc) is 2.28. The summed E-state index contributed by atoms with van der Waals surface area (Å²) in [4.78, 5) is 0. The van der Waals surface area contributed by atoms with Crippen molar-refractivity contribution >= 4 is 11.6 Å². The van der Waals surface area contributed by atoms with Crippen LogP contribution in [0.5, 0.6) is 0 Å². The lowest BCUT2D eigenvalue weighted by Gasteiger charge is -2.37. The Balaban J connectivity index is 2.37. The topological polar surface area (TPSA) is 20.2 Å². The second-order valence-corrected chi connectivity index (χ2v) is 6.32. The Kier molecular flexibility index (Phi) is 3.84. The highest BCUT2D eigenvalue weighted by molar-refractivity contribution is 6.30. The summed E-state index contributed by atoms with van der Waals surface area (Å²) < 4.78 is 0. The molecule has 0 aliphatic heterocycles. The van der Waals surface area contributed by atoms with Crippen molar-refractivity contribution in [1.29, 1.82) is 0 Å². The maximum atomic E-state index is 10.6. The van der Waals surface area contributed by atoms with E-state index in [0.717, 1.165) is 18.4 Å². The van der Waals surface area contributed by atoms with Gasteiger partial charge in [0.1, 0.15) is 6.10 Å². The van der Waals surface area contributed by atoms with E-state index in [1.54, 1.807) is 0 Å². The lowest BCUT2D eigenvalue weighted by Crippen LogP contribution is -2.25. The Labute approximate surface area is 114 Å². The zero-order valence-corrected chi connectivity index (χ0v) is 12.1. The smallest absolute Gasteiger partial charge is 0.101 e. The minimum Gasteiger partial charge on any atom is -0.384 e. The number of aliphatic hydroxyl groups excluding tert-OH is 1. The van der Waals surface area contributed by atoms with E-state index in [1.165, 1.54) is 17.6 Å². The molecule has 2 rings (SSSR count). The number of rotatable bonds is 2. The quantitative estimate of drug-likeness (QED) is 0.754. The van der Waals surface area contributed by atoms with Gasteiger partial charge >= 0.3 is 0 Å². The average molecular weight is 265 g/mol. The van der Waals surface area contributed by atoms with E-state index in [0.29, 0.717) is 5.02 Å². The second-order valence-electron chi connectivity index (χ2n) is 5.89. The van der Waals surface area contributed by atoms with Crippen LogP contribution in [0.3, 0.4) is 0 Å². The van der Waals surface area contributed by atoms with E-state index in [-0.39, 0.29) is 5.41 Å². The van der Waals surface area contributed by atoms with Gasteiger partial charge in [-0.2, -0.15) is 0 Å². The molecule has 1 N–H and O–H groups in total. The lowest BCUT2D eigenvalue weighted by molar-refractivity contribution is 0.171. The number of halogens is 1. The summed E-state index contributed by atoms with van der Waals surface area (Å²) in [7, 11) is 0. The van der Waals surface area contributed by atoms with Crippen molar-refractivity contribution in [1.82, 2.24) is 0 Å². The Hall–Kier alpha value is -0.790. The first-order valence-corrected chi connectivity index (χ1v) is 6.93. The minimum absolute atomic E-state index is 0.0847. The maximum Gasteiger partial charge on any atom is 0.101 e. The third kappa shape index (κ3) is 2.62. The molecule has 1 atom stereocenters. The Morgan fingerprint density at radius 3 is 2.39 bits per heavy atom. The van der Waals surface area contributed by atoms with Crippen LogP contribution in [0.1, 0.15) is 51.7 Å². The monoisotopic (exact) mass is 264 g/mol. The van der Waals surface area contributed by atoms with Gasteiger partial charge in [-0.05, 0) is 54.9 Å². The zero-order chi connectivity index (χ0) is 13.3. The minimum atomic E-state index is -0.502. The first-order chi connectivity index (χ1) is 8.42. The van der Waals surface area contributed by atoms with Crippen LogP contribution in [-0.4, -0.2) is 5.11 Å². The molecule has 0 heterocycles. The van der Waals surface area contributed by atoms with E-state index in [4.69, 9.17) is 11.6 Å². The van der Waals surface area contributed by atoms with Gasteiger partial charge in [0, 0.05) is 5.02 Å². The highest BCUT2D eigenvalue weighted by atomic mass is 35.5. The summed E-state index contributed by atoms with van der Waals surface area (Å²) in [6, 6.07) is 7.51. The van der Waals surface area contributed by atoms with Crippen LogP contribution < -0.4 is 0 Å². The second kappa shape index (κ2) is 5.07. The van der Waals surface area contributed by atoms with Gasteiger partial charge in [0.2, 0.25) is 0 Å². The van der Waals surface area contributed by atoms with Gasteiger partial charge in [0.15, 0.2) is 0 Å². The predicted molar refractivity (Wildman–Crippen MR) is 76.7 cm³/mol. The Morgan fingerprint density at radius 2 is 1.83 bits per heavy atom. The van der Waals surface area contributed by atoms with Crippen molar-refractivity contribution in [3.05, 3.63) is 46.0 Å². The molecule has 0 saturated carbocycles. The van der Waals surface area contributed by atoms with E-state index in [1.807, 2.05) is 24.3 Å². The van der Waals surface area contributed by atoms with Crippen LogP contribution in [0.15, 0.2) is 35.4 Å². The van der Waals surface area contributed by atoms with E-state index in [9.17, 15) is 5.11 Å². The summed E-state index contributed by atoms with van der Waals surface area (Å²) in [6.07, 6.45) is 2.96. The molecule has 0 aromatic heterocycles. The molecule has 0 bridgehead atoms. The molecule has 0 spiro atoms. The van der Waals surface area contributed by atoms with Gasteiger partial charge in [-0.15, -0.1) is 0 Å². The molecule has 98 valence electrons. The van der Waals surface area contributed by atoms with Crippen LogP contribution in [0, 0.1) is 5.41 Å². The Bertz CT molecular complexity index is 456. The highest BCUT2D eigenvalue weighted by Gasteiger charge is 2.33. The fraction of sp³-hybridized carbons (Fsp3) is 0.500. The van der Waals surface area contributed by atoms with Crippen molar-refractivity contribution < 1.29 is 5.11 Å². The first-order valence-electron chi connectivity index (χ1n) is 6.55. The summed E-state index contributed by atoms with van der Waals surface area (Å²) in [5, 5.41) is 11.3. The van der Waals surface area contributed by atoms with Gasteiger partial charge in [-0.3, -0.25) is 0 Å². The van der Waals surface area contributed by atoms with Gasteiger partial charge in [-0.1, -0.05) is 43.2 Å². The Morgan fingerprint density at radius 1 is 1.22 bits per heavy atom. The van der Waals surface area contributed by atoms with Crippen molar-refractivity contribution in [2.24, 2.45) is 5.41 Å². The third-order valence-corrected chi connectivity index (χ3v) is 4.25. The summed E-state index contributed by atoms with van der Waals surface area (Å²) in [5.41, 5.74) is 3.55. The van der Waals surface area contributed by atoms with E-state index < -0.39 is 6.10 Å². The van der Waals surface area contributed by atoms with Crippen molar-refractivity contribution in [3.8, 4) is 0 Å². The van der Waals surface area contributed by atoms with Crippen molar-refractivity contribution in [2.75, 3.05) is 0 Å². The number of benzene rings is 1. The van der Waals surface area contributed by atoms with Gasteiger partial charge < -0.3 is 5.11 Å². The number of allylic oxidation sites excluding steroid dienone is 1. The highest BCUT2D eigenvalue weighted by Crippen LogP contribution is 2.46. The van der Waals surface area contributed by atoms with Crippen molar-refractivity contribution in [3.63, 3.8) is 0 Å². The summed E-state index contributed by atoms with van der Waals surface area (Å²) in [6.45, 7) is 6.60. The molecule has 0 saturated heterocycles. The van der Waals surface area contributed by atoms with Crippen LogP contribution in [-0.2, 0) is 0 Å². The first kappa shape index (κ1) is 13.6. The number of aliphatic hydroxyl groups is 1. The molecular weight excluding hydrogens is 244 g/mol. The molecule has 1 aromatic rings. The van der Waals surface area contributed by atoms with E-state index >= 15 is 0 Å². The van der Waals surface area contributed by atoms with Gasteiger partial charge in [-0.25, -0.2) is 0 Å². The molecule has 1 unspecified atom stereocenters. The molecule has 0 fully saturated rings. The molecule has 0 amide bonds. The SMILES string of the molecule is CC1=C(C(O)c2ccc(Cl)cc2)C(C)(C)CCC1. The largest absolute Gasteiger partial charge is 0.384 e. The summed E-state index contributed by atoms with van der Waals surface area (Å²) >= 11 is 5.89. The molecule has 0 radical (unpaired) electrons. The van der Waals surface area contributed by atoms with Gasteiger partial charge in [0.25, 0.3) is 0 Å². The molecule has 1 aromatic carbocycles. The van der Waals surface area contributed by atoms with Crippen LogP contribution >= 0.6 is 11.6 Å². The zero-order valence-electron chi connectivity index (χ0n) is 11.3. The third-order valence-electron chi connectivity index (χ3n) is 4.00. The molecule has 18 heavy (non-hydrogen) atoms. The van der Waals surface area contributed by atoms with Crippen LogP contribution in [0.25, 0.3) is 0 Å². The molecular formula is C16H21ClO. The standard InChI is InChI=1S/C16H21ClO/c1-11-5-4-10-16(2,3)14(11)15(18)12-6-8-13(17)9-7-12/h6-9,15,18H,4-5,10H2,1-3H3. The normalized spacial score (nSPS) is 20.9. The van der Waals surface area contributed by atoms with Crippen molar-refractivity contribution in [2.45, 2.75) is 46.1 Å². The maximum absolute atomic E-state index is 10.6. The molecule has 1 aliphatic carbocycles. The molecule has 1 aliphatic rings. The van der Waals surface area contributed by atoms with Crippen LogP contribution in [0.2, 0.25) is 5.02 Å². The fourth-order valence-electron chi connectivity index (χ4n) is 3.06. The predicted octanol–water partition coefficient (Wildman–Crippen LogP) is 4.90. The van der Waals surface area contributed by atoms with Gasteiger partial charge in [0.05, 0.1) is 0 Å². The molecule has 2 heteroatoms. The number of hydrogen-bond donors (Lipinski definition) is 1.